The smallest absolute Gasteiger partial charge is 0.290 e. The Morgan fingerprint density at radius 2 is 1.89 bits per heavy atom. The van der Waals surface area contributed by atoms with Gasteiger partial charge in [0.1, 0.15) is 12.4 Å². The number of carboxylic acid groups (broad SMARTS) is 1. The van der Waals surface area contributed by atoms with Gasteiger partial charge in [0.15, 0.2) is 0 Å². The molecule has 1 aromatic carbocycles. The molecular formula is C20H26N2O4S. The molecule has 0 unspecified atom stereocenters. The second-order valence-corrected chi connectivity index (χ2v) is 7.13. The van der Waals surface area contributed by atoms with Crippen molar-refractivity contribution in [1.82, 2.24) is 9.80 Å². The molecule has 3 rings (SSSR count). The third kappa shape index (κ3) is 7.80. The van der Waals surface area contributed by atoms with Crippen molar-refractivity contribution in [2.75, 3.05) is 39.3 Å². The fourth-order valence-corrected chi connectivity index (χ4v) is 3.62. The van der Waals surface area contributed by atoms with Gasteiger partial charge in [-0.05, 0) is 30.0 Å². The molecular weight excluding hydrogens is 364 g/mol. The lowest BCUT2D eigenvalue weighted by Gasteiger charge is -2.22. The van der Waals surface area contributed by atoms with Crippen LogP contribution in [0.4, 0.5) is 0 Å². The summed E-state index contributed by atoms with van der Waals surface area (Å²) >= 11 is 1.66. The van der Waals surface area contributed by atoms with Gasteiger partial charge in [-0.3, -0.25) is 14.5 Å². The molecule has 1 aromatic heterocycles. The molecule has 7 heteroatoms. The average molecular weight is 391 g/mol. The summed E-state index contributed by atoms with van der Waals surface area (Å²) in [6.07, 6.45) is 1.57. The predicted octanol–water partition coefficient (Wildman–Crippen LogP) is 2.60. The number of para-hydroxylation sites is 1. The van der Waals surface area contributed by atoms with Crippen molar-refractivity contribution in [3.8, 4) is 5.75 Å². The molecule has 2 aromatic rings. The first-order valence-electron chi connectivity index (χ1n) is 9.01. The Morgan fingerprint density at radius 3 is 2.59 bits per heavy atom. The Kier molecular flexibility index (Phi) is 9.37. The molecule has 1 aliphatic heterocycles. The van der Waals surface area contributed by atoms with Crippen LogP contribution < -0.4 is 4.74 Å². The van der Waals surface area contributed by atoms with E-state index in [4.69, 9.17) is 14.6 Å². The van der Waals surface area contributed by atoms with Crippen molar-refractivity contribution in [1.29, 1.82) is 0 Å². The molecule has 0 radical (unpaired) electrons. The number of thiophene rings is 1. The number of hydrogen-bond acceptors (Lipinski definition) is 5. The van der Waals surface area contributed by atoms with Crippen LogP contribution in [0.2, 0.25) is 0 Å². The Morgan fingerprint density at radius 1 is 1.11 bits per heavy atom. The quantitative estimate of drug-likeness (QED) is 0.768. The Labute approximate surface area is 164 Å². The van der Waals surface area contributed by atoms with Crippen LogP contribution in [-0.2, 0) is 16.0 Å². The SMILES string of the molecule is O=C(Cc1cccs1)N1CCCN(CCOc2ccccc2)CC1.O=CO. The van der Waals surface area contributed by atoms with Gasteiger partial charge in [-0.15, -0.1) is 11.3 Å². The van der Waals surface area contributed by atoms with E-state index < -0.39 is 0 Å². The van der Waals surface area contributed by atoms with Crippen LogP contribution in [0.3, 0.4) is 0 Å². The fraction of sp³-hybridized carbons (Fsp3) is 0.400. The number of hydrogen-bond donors (Lipinski definition) is 1. The summed E-state index contributed by atoms with van der Waals surface area (Å²) in [4.78, 5) is 26.3. The second-order valence-electron chi connectivity index (χ2n) is 6.10. The highest BCUT2D eigenvalue weighted by molar-refractivity contribution is 7.10. The minimum absolute atomic E-state index is 0.250. The number of amides is 1. The molecule has 0 saturated carbocycles. The van der Waals surface area contributed by atoms with Crippen molar-refractivity contribution < 1.29 is 19.4 Å². The van der Waals surface area contributed by atoms with Gasteiger partial charge in [-0.2, -0.15) is 0 Å². The van der Waals surface area contributed by atoms with Gasteiger partial charge in [0, 0.05) is 37.6 Å². The summed E-state index contributed by atoms with van der Waals surface area (Å²) in [6.45, 7) is 4.97. The van der Waals surface area contributed by atoms with Gasteiger partial charge in [-0.1, -0.05) is 24.3 Å². The van der Waals surface area contributed by atoms with Crippen molar-refractivity contribution in [3.05, 3.63) is 52.7 Å². The maximum atomic E-state index is 12.4. The number of benzene rings is 1. The summed E-state index contributed by atoms with van der Waals surface area (Å²) < 4.78 is 5.77. The highest BCUT2D eigenvalue weighted by atomic mass is 32.1. The van der Waals surface area contributed by atoms with Crippen molar-refractivity contribution >= 4 is 23.7 Å². The van der Waals surface area contributed by atoms with Crippen LogP contribution in [0.25, 0.3) is 0 Å². The molecule has 0 bridgehead atoms. The molecule has 146 valence electrons. The first kappa shape index (κ1) is 20.9. The van der Waals surface area contributed by atoms with Crippen LogP contribution in [0, 0.1) is 0 Å². The summed E-state index contributed by atoms with van der Waals surface area (Å²) in [5.41, 5.74) is 0. The van der Waals surface area contributed by atoms with Gasteiger partial charge in [0.05, 0.1) is 6.42 Å². The van der Waals surface area contributed by atoms with Gasteiger partial charge in [0.25, 0.3) is 6.47 Å². The highest BCUT2D eigenvalue weighted by Gasteiger charge is 2.19. The van der Waals surface area contributed by atoms with E-state index in [1.54, 1.807) is 11.3 Å². The number of rotatable bonds is 6. The summed E-state index contributed by atoms with van der Waals surface area (Å²) in [7, 11) is 0. The van der Waals surface area contributed by atoms with E-state index in [-0.39, 0.29) is 12.4 Å². The standard InChI is InChI=1S/C19H24N2O2S.CH2O2/c22-19(16-18-8-4-15-24-18)21-10-5-9-20(11-12-21)13-14-23-17-6-2-1-3-7-17;2-1-3/h1-4,6-8,15H,5,9-14,16H2;1H,(H,2,3). The number of carbonyl (C=O) groups is 2. The van der Waals surface area contributed by atoms with Crippen LogP contribution in [0.5, 0.6) is 5.75 Å². The van der Waals surface area contributed by atoms with E-state index in [9.17, 15) is 4.79 Å². The highest BCUT2D eigenvalue weighted by Crippen LogP contribution is 2.12. The van der Waals surface area contributed by atoms with Gasteiger partial charge in [-0.25, -0.2) is 0 Å². The monoisotopic (exact) mass is 390 g/mol. The largest absolute Gasteiger partial charge is 0.492 e. The zero-order valence-corrected chi connectivity index (χ0v) is 16.1. The van der Waals surface area contributed by atoms with Crippen LogP contribution in [-0.4, -0.2) is 66.6 Å². The van der Waals surface area contributed by atoms with Crippen LogP contribution >= 0.6 is 11.3 Å². The molecule has 2 heterocycles. The predicted molar refractivity (Wildman–Crippen MR) is 106 cm³/mol. The van der Waals surface area contributed by atoms with E-state index >= 15 is 0 Å². The zero-order chi connectivity index (χ0) is 19.3. The molecule has 6 nitrogen and oxygen atoms in total. The zero-order valence-electron chi connectivity index (χ0n) is 15.3. The maximum Gasteiger partial charge on any atom is 0.290 e. The molecule has 1 aliphatic rings. The molecule has 1 N–H and O–H groups in total. The van der Waals surface area contributed by atoms with Crippen molar-refractivity contribution in [2.24, 2.45) is 0 Å². The molecule has 0 atom stereocenters. The first-order valence-corrected chi connectivity index (χ1v) is 9.89. The van der Waals surface area contributed by atoms with E-state index in [0.717, 1.165) is 49.8 Å². The molecule has 27 heavy (non-hydrogen) atoms. The lowest BCUT2D eigenvalue weighted by atomic mass is 10.3. The van der Waals surface area contributed by atoms with E-state index in [1.165, 1.54) is 0 Å². The average Bonchev–Trinajstić information content (AvgIpc) is 3.07. The minimum atomic E-state index is -0.250. The van der Waals surface area contributed by atoms with Crippen LogP contribution in [0.15, 0.2) is 47.8 Å². The van der Waals surface area contributed by atoms with Gasteiger partial charge >= 0.3 is 0 Å². The lowest BCUT2D eigenvalue weighted by Crippen LogP contribution is -2.36. The second kappa shape index (κ2) is 12.1. The Bertz CT molecular complexity index is 664. The Hall–Kier alpha value is -2.38. The fourth-order valence-electron chi connectivity index (χ4n) is 2.93. The van der Waals surface area contributed by atoms with Crippen molar-refractivity contribution in [3.63, 3.8) is 0 Å². The number of nitrogens with zero attached hydrogens (tertiary/aromatic N) is 2. The summed E-state index contributed by atoms with van der Waals surface area (Å²) in [5, 5.41) is 8.92. The minimum Gasteiger partial charge on any atom is -0.492 e. The molecule has 1 amide bonds. The molecule has 1 fully saturated rings. The number of ether oxygens (including phenoxy) is 1. The third-order valence-electron chi connectivity index (χ3n) is 4.27. The van der Waals surface area contributed by atoms with Crippen molar-refractivity contribution in [2.45, 2.75) is 12.8 Å². The van der Waals surface area contributed by atoms with E-state index in [1.807, 2.05) is 52.7 Å². The summed E-state index contributed by atoms with van der Waals surface area (Å²) in [6, 6.07) is 14.0. The topological polar surface area (TPSA) is 70.1 Å². The van der Waals surface area contributed by atoms with Crippen LogP contribution in [0.1, 0.15) is 11.3 Å². The van der Waals surface area contributed by atoms with E-state index in [2.05, 4.69) is 4.90 Å². The third-order valence-corrected chi connectivity index (χ3v) is 5.14. The molecule has 0 aliphatic carbocycles. The Balaban J connectivity index is 0.000000817. The first-order chi connectivity index (χ1) is 13.2. The number of carbonyl (C=O) groups excluding carboxylic acids is 1. The lowest BCUT2D eigenvalue weighted by molar-refractivity contribution is -0.130. The van der Waals surface area contributed by atoms with E-state index in [0.29, 0.717) is 13.0 Å². The maximum absolute atomic E-state index is 12.4. The van der Waals surface area contributed by atoms with Gasteiger partial charge in [0.2, 0.25) is 5.91 Å². The normalized spacial score (nSPS) is 14.6. The molecule has 0 spiro atoms. The summed E-state index contributed by atoms with van der Waals surface area (Å²) in [5.74, 6) is 1.17. The van der Waals surface area contributed by atoms with Gasteiger partial charge < -0.3 is 14.7 Å². The molecule has 1 saturated heterocycles.